The Morgan fingerprint density at radius 2 is 1.96 bits per heavy atom. The predicted molar refractivity (Wildman–Crippen MR) is 106 cm³/mol. The van der Waals surface area contributed by atoms with Gasteiger partial charge in [-0.3, -0.25) is 0 Å². The summed E-state index contributed by atoms with van der Waals surface area (Å²) in [4.78, 5) is 4.73. The van der Waals surface area contributed by atoms with Crippen molar-refractivity contribution >= 4 is 5.95 Å². The summed E-state index contributed by atoms with van der Waals surface area (Å²) in [5, 5.41) is 0. The highest BCUT2D eigenvalue weighted by atomic mass is 16.5. The average Bonchev–Trinajstić information content (AvgIpc) is 3.23. The van der Waals surface area contributed by atoms with Crippen LogP contribution in [0.15, 0.2) is 48.7 Å². The number of methoxy groups -OCH3 is 2. The van der Waals surface area contributed by atoms with E-state index in [1.807, 2.05) is 29.8 Å². The summed E-state index contributed by atoms with van der Waals surface area (Å²) in [6, 6.07) is 14.6. The van der Waals surface area contributed by atoms with Gasteiger partial charge in [0.1, 0.15) is 11.5 Å². The van der Waals surface area contributed by atoms with Crippen molar-refractivity contribution in [3.05, 3.63) is 71.0 Å². The third-order valence-corrected chi connectivity index (χ3v) is 5.74. The fourth-order valence-electron chi connectivity index (χ4n) is 4.28. The minimum absolute atomic E-state index is 0.231. The van der Waals surface area contributed by atoms with Crippen molar-refractivity contribution in [1.29, 1.82) is 0 Å². The predicted octanol–water partition coefficient (Wildman–Crippen LogP) is 3.49. The standard InChI is InChI=1S/C22H25N3O2/c1-25-14-20(24-21(25)23)22(13-16-6-4-5-7-19(16)27-3)11-10-15-12-17(26-2)8-9-18(15)22/h4-9,12,14H,10-11,13H2,1-3H3,(H2,23,24). The Labute approximate surface area is 159 Å². The van der Waals surface area contributed by atoms with Crippen molar-refractivity contribution in [1.82, 2.24) is 9.55 Å². The maximum Gasteiger partial charge on any atom is 0.200 e. The molecular formula is C22H25N3O2. The van der Waals surface area contributed by atoms with Crippen LogP contribution in [0.5, 0.6) is 11.5 Å². The van der Waals surface area contributed by atoms with Crippen LogP contribution in [0.1, 0.15) is 28.8 Å². The van der Waals surface area contributed by atoms with Crippen molar-refractivity contribution in [3.8, 4) is 11.5 Å². The van der Waals surface area contributed by atoms with E-state index in [1.54, 1.807) is 14.2 Å². The van der Waals surface area contributed by atoms with Gasteiger partial charge in [-0.25, -0.2) is 4.98 Å². The van der Waals surface area contributed by atoms with Gasteiger partial charge in [-0.1, -0.05) is 24.3 Å². The van der Waals surface area contributed by atoms with Gasteiger partial charge in [0.15, 0.2) is 5.95 Å². The molecule has 0 saturated carbocycles. The van der Waals surface area contributed by atoms with Crippen LogP contribution >= 0.6 is 0 Å². The summed E-state index contributed by atoms with van der Waals surface area (Å²) in [6.45, 7) is 0. The van der Waals surface area contributed by atoms with Crippen LogP contribution in [0.4, 0.5) is 5.95 Å². The maximum atomic E-state index is 6.09. The van der Waals surface area contributed by atoms with Crippen molar-refractivity contribution in [2.75, 3.05) is 20.0 Å². The van der Waals surface area contributed by atoms with Crippen molar-refractivity contribution in [2.24, 2.45) is 7.05 Å². The van der Waals surface area contributed by atoms with E-state index in [2.05, 4.69) is 30.5 Å². The molecule has 0 aliphatic heterocycles. The maximum absolute atomic E-state index is 6.09. The average molecular weight is 363 g/mol. The number of hydrogen-bond acceptors (Lipinski definition) is 4. The molecule has 0 spiro atoms. The second kappa shape index (κ2) is 6.65. The first kappa shape index (κ1) is 17.5. The summed E-state index contributed by atoms with van der Waals surface area (Å²) in [6.07, 6.45) is 4.83. The normalized spacial score (nSPS) is 18.3. The molecular weight excluding hydrogens is 338 g/mol. The van der Waals surface area contributed by atoms with Crippen LogP contribution in [0, 0.1) is 0 Å². The Bertz CT molecular complexity index is 960. The number of nitrogens with two attached hydrogens (primary N) is 1. The van der Waals surface area contributed by atoms with Gasteiger partial charge < -0.3 is 19.8 Å². The molecule has 1 atom stereocenters. The molecule has 27 heavy (non-hydrogen) atoms. The van der Waals surface area contributed by atoms with E-state index in [9.17, 15) is 0 Å². The Morgan fingerprint density at radius 3 is 2.67 bits per heavy atom. The van der Waals surface area contributed by atoms with Gasteiger partial charge in [0, 0.05) is 18.7 Å². The van der Waals surface area contributed by atoms with Gasteiger partial charge >= 0.3 is 0 Å². The quantitative estimate of drug-likeness (QED) is 0.754. The summed E-state index contributed by atoms with van der Waals surface area (Å²) in [5.41, 5.74) is 10.7. The first-order valence-corrected chi connectivity index (χ1v) is 9.16. The molecule has 2 aromatic carbocycles. The molecule has 5 heteroatoms. The minimum atomic E-state index is -0.231. The zero-order valence-electron chi connectivity index (χ0n) is 16.0. The van der Waals surface area contributed by atoms with E-state index >= 15 is 0 Å². The summed E-state index contributed by atoms with van der Waals surface area (Å²) in [7, 11) is 5.36. The zero-order chi connectivity index (χ0) is 19.0. The highest BCUT2D eigenvalue weighted by molar-refractivity contribution is 5.52. The van der Waals surface area contributed by atoms with E-state index in [0.717, 1.165) is 36.5 Å². The SMILES string of the molecule is COc1ccc2c(c1)CCC2(Cc1ccccc1OC)c1cn(C)c(N)n1. The summed E-state index contributed by atoms with van der Waals surface area (Å²) >= 11 is 0. The van der Waals surface area contributed by atoms with E-state index in [1.165, 1.54) is 16.7 Å². The number of nitrogen functional groups attached to an aromatic ring is 1. The van der Waals surface area contributed by atoms with Gasteiger partial charge in [-0.2, -0.15) is 0 Å². The fraction of sp³-hybridized carbons (Fsp3) is 0.318. The number of para-hydroxylation sites is 1. The molecule has 140 valence electrons. The van der Waals surface area contributed by atoms with E-state index in [-0.39, 0.29) is 5.41 Å². The number of rotatable bonds is 5. The van der Waals surface area contributed by atoms with Crippen LogP contribution < -0.4 is 15.2 Å². The van der Waals surface area contributed by atoms with Gasteiger partial charge in [-0.05, 0) is 54.2 Å². The van der Waals surface area contributed by atoms with Crippen molar-refractivity contribution in [3.63, 3.8) is 0 Å². The number of anilines is 1. The van der Waals surface area contributed by atoms with Crippen LogP contribution in [0.2, 0.25) is 0 Å². The first-order valence-electron chi connectivity index (χ1n) is 9.16. The van der Waals surface area contributed by atoms with Gasteiger partial charge in [-0.15, -0.1) is 0 Å². The molecule has 3 aromatic rings. The summed E-state index contributed by atoms with van der Waals surface area (Å²) in [5.74, 6) is 2.33. The van der Waals surface area contributed by atoms with Gasteiger partial charge in [0.05, 0.1) is 19.9 Å². The fourth-order valence-corrected chi connectivity index (χ4v) is 4.28. The Morgan fingerprint density at radius 1 is 1.15 bits per heavy atom. The minimum Gasteiger partial charge on any atom is -0.497 e. The lowest BCUT2D eigenvalue weighted by Gasteiger charge is -2.30. The monoisotopic (exact) mass is 363 g/mol. The Kier molecular flexibility index (Phi) is 4.30. The van der Waals surface area contributed by atoms with Gasteiger partial charge in [0.2, 0.25) is 0 Å². The number of imidazole rings is 1. The highest BCUT2D eigenvalue weighted by Crippen LogP contribution is 2.48. The molecule has 1 heterocycles. The van der Waals surface area contributed by atoms with Crippen molar-refractivity contribution in [2.45, 2.75) is 24.7 Å². The Balaban J connectivity index is 1.88. The molecule has 0 amide bonds. The first-order chi connectivity index (χ1) is 13.1. The second-order valence-electron chi connectivity index (χ2n) is 7.19. The third kappa shape index (κ3) is 2.83. The third-order valence-electron chi connectivity index (χ3n) is 5.74. The lowest BCUT2D eigenvalue weighted by atomic mass is 9.74. The molecule has 2 N–H and O–H groups in total. The number of nitrogens with zero attached hydrogens (tertiary/aromatic N) is 2. The van der Waals surface area contributed by atoms with E-state index in [4.69, 9.17) is 20.2 Å². The highest BCUT2D eigenvalue weighted by Gasteiger charge is 2.43. The molecule has 5 nitrogen and oxygen atoms in total. The molecule has 0 bridgehead atoms. The van der Waals surface area contributed by atoms with Crippen LogP contribution in [0.25, 0.3) is 0 Å². The topological polar surface area (TPSA) is 62.3 Å². The van der Waals surface area contributed by atoms with Crippen molar-refractivity contribution < 1.29 is 9.47 Å². The van der Waals surface area contributed by atoms with Gasteiger partial charge in [0.25, 0.3) is 0 Å². The molecule has 1 unspecified atom stereocenters. The van der Waals surface area contributed by atoms with Crippen LogP contribution in [-0.2, 0) is 25.3 Å². The number of hydrogen-bond donors (Lipinski definition) is 1. The zero-order valence-corrected chi connectivity index (χ0v) is 16.0. The number of ether oxygens (including phenoxy) is 2. The number of aryl methyl sites for hydroxylation is 2. The molecule has 0 radical (unpaired) electrons. The molecule has 0 fully saturated rings. The lowest BCUT2D eigenvalue weighted by Crippen LogP contribution is -2.28. The molecule has 1 aliphatic carbocycles. The van der Waals surface area contributed by atoms with Crippen LogP contribution in [-0.4, -0.2) is 23.8 Å². The number of benzene rings is 2. The number of fused-ring (bicyclic) bond motifs is 1. The summed E-state index contributed by atoms with van der Waals surface area (Å²) < 4.78 is 12.9. The van der Waals surface area contributed by atoms with E-state index in [0.29, 0.717) is 5.95 Å². The molecule has 1 aromatic heterocycles. The molecule has 4 rings (SSSR count). The largest absolute Gasteiger partial charge is 0.497 e. The molecule has 1 aliphatic rings. The Hall–Kier alpha value is -2.95. The lowest BCUT2D eigenvalue weighted by molar-refractivity contribution is 0.400. The second-order valence-corrected chi connectivity index (χ2v) is 7.19. The van der Waals surface area contributed by atoms with Crippen LogP contribution in [0.3, 0.4) is 0 Å². The van der Waals surface area contributed by atoms with E-state index < -0.39 is 0 Å². The number of aromatic nitrogens is 2. The smallest absolute Gasteiger partial charge is 0.200 e. The molecule has 0 saturated heterocycles.